The van der Waals surface area contributed by atoms with Gasteiger partial charge in [0.05, 0.1) is 5.21 Å². The van der Waals surface area contributed by atoms with Gasteiger partial charge in [-0.25, -0.2) is 0 Å². The van der Waals surface area contributed by atoms with Crippen molar-refractivity contribution in [3.8, 4) is 0 Å². The standard InChI is InChI=1S/C14H26N3/c1-4-6-7-8-9-10-11-14-13-17(12-5-2)15-16(14)3/h5,13H,2,4,6-12H2,1,3H3/q+1. The second-order valence-electron chi connectivity index (χ2n) is 4.66. The van der Waals surface area contributed by atoms with Gasteiger partial charge < -0.3 is 0 Å². The second-order valence-corrected chi connectivity index (χ2v) is 4.66. The molecule has 0 amide bonds. The summed E-state index contributed by atoms with van der Waals surface area (Å²) in [6, 6.07) is 0. The fourth-order valence-corrected chi connectivity index (χ4v) is 2.05. The molecule has 3 nitrogen and oxygen atoms in total. The molecule has 1 aromatic heterocycles. The van der Waals surface area contributed by atoms with Crippen LogP contribution in [-0.4, -0.2) is 9.90 Å². The van der Waals surface area contributed by atoms with E-state index in [-0.39, 0.29) is 0 Å². The molecule has 0 aliphatic heterocycles. The molecule has 0 aliphatic carbocycles. The van der Waals surface area contributed by atoms with Gasteiger partial charge in [0.2, 0.25) is 0 Å². The number of allylic oxidation sites excluding steroid dienone is 1. The average Bonchev–Trinajstić information content (AvgIpc) is 2.65. The lowest BCUT2D eigenvalue weighted by atomic mass is 10.1. The van der Waals surface area contributed by atoms with Crippen LogP contribution in [0.3, 0.4) is 0 Å². The first kappa shape index (κ1) is 13.9. The van der Waals surface area contributed by atoms with Crippen molar-refractivity contribution < 1.29 is 4.68 Å². The van der Waals surface area contributed by atoms with Gasteiger partial charge in [-0.05, 0) is 12.5 Å². The average molecular weight is 236 g/mol. The van der Waals surface area contributed by atoms with Crippen molar-refractivity contribution in [2.45, 2.75) is 58.4 Å². The Morgan fingerprint density at radius 2 is 2.00 bits per heavy atom. The molecule has 17 heavy (non-hydrogen) atoms. The molecule has 0 fully saturated rings. The monoisotopic (exact) mass is 236 g/mol. The molecule has 0 spiro atoms. The summed E-state index contributed by atoms with van der Waals surface area (Å²) < 4.78 is 3.93. The van der Waals surface area contributed by atoms with Gasteiger partial charge in [0, 0.05) is 6.42 Å². The highest BCUT2D eigenvalue weighted by Gasteiger charge is 2.10. The topological polar surface area (TPSA) is 21.7 Å². The Morgan fingerprint density at radius 1 is 1.29 bits per heavy atom. The van der Waals surface area contributed by atoms with E-state index in [0.717, 1.165) is 13.0 Å². The maximum absolute atomic E-state index is 4.39. The van der Waals surface area contributed by atoms with Gasteiger partial charge in [0.15, 0.2) is 11.9 Å². The van der Waals surface area contributed by atoms with Crippen LogP contribution in [0.1, 0.15) is 51.1 Å². The summed E-state index contributed by atoms with van der Waals surface area (Å²) in [5, 5.41) is 4.39. The van der Waals surface area contributed by atoms with Crippen molar-refractivity contribution >= 4 is 0 Å². The molecule has 0 radical (unpaired) electrons. The van der Waals surface area contributed by atoms with Gasteiger partial charge in [0.25, 0.3) is 0 Å². The van der Waals surface area contributed by atoms with Crippen LogP contribution >= 0.6 is 0 Å². The maximum atomic E-state index is 4.39. The van der Waals surface area contributed by atoms with Crippen molar-refractivity contribution in [2.24, 2.45) is 7.05 Å². The van der Waals surface area contributed by atoms with Crippen LogP contribution in [0, 0.1) is 0 Å². The van der Waals surface area contributed by atoms with Gasteiger partial charge in [-0.15, -0.1) is 9.36 Å². The SMILES string of the molecule is C=CC[n+]1cc(CCCCCCCC)n(C)n1. The van der Waals surface area contributed by atoms with E-state index in [4.69, 9.17) is 0 Å². The number of hydrogen-bond donors (Lipinski definition) is 0. The van der Waals surface area contributed by atoms with Gasteiger partial charge in [-0.2, -0.15) is 0 Å². The molecular weight excluding hydrogens is 210 g/mol. The zero-order chi connectivity index (χ0) is 12.5. The first-order valence-corrected chi connectivity index (χ1v) is 6.81. The van der Waals surface area contributed by atoms with E-state index in [1.807, 2.05) is 22.5 Å². The highest BCUT2D eigenvalue weighted by Crippen LogP contribution is 2.08. The largest absolute Gasteiger partial charge is 0.167 e. The molecule has 0 N–H and O–H groups in total. The van der Waals surface area contributed by atoms with Crippen LogP contribution in [0.25, 0.3) is 0 Å². The molecule has 1 heterocycles. The van der Waals surface area contributed by atoms with Crippen molar-refractivity contribution in [2.75, 3.05) is 0 Å². The zero-order valence-electron chi connectivity index (χ0n) is 11.4. The Kier molecular flexibility index (Phi) is 6.60. The van der Waals surface area contributed by atoms with E-state index < -0.39 is 0 Å². The van der Waals surface area contributed by atoms with Gasteiger partial charge in [0.1, 0.15) is 13.6 Å². The Balaban J connectivity index is 2.24. The molecule has 0 aliphatic rings. The third kappa shape index (κ3) is 5.16. The number of hydrogen-bond acceptors (Lipinski definition) is 1. The van der Waals surface area contributed by atoms with Crippen molar-refractivity contribution in [3.63, 3.8) is 0 Å². The van der Waals surface area contributed by atoms with E-state index in [1.165, 1.54) is 44.2 Å². The summed E-state index contributed by atoms with van der Waals surface area (Å²) >= 11 is 0. The summed E-state index contributed by atoms with van der Waals surface area (Å²) in [5.74, 6) is 0. The minimum atomic E-state index is 0.796. The number of unbranched alkanes of at least 4 members (excludes halogenated alkanes) is 5. The molecular formula is C14H26N3+. The van der Waals surface area contributed by atoms with Crippen molar-refractivity contribution in [1.29, 1.82) is 0 Å². The number of aryl methyl sites for hydroxylation is 2. The van der Waals surface area contributed by atoms with Gasteiger partial charge in [-0.1, -0.05) is 45.6 Å². The highest BCUT2D eigenvalue weighted by atomic mass is 15.5. The maximum Gasteiger partial charge on any atom is 0.167 e. The smallest absolute Gasteiger partial charge is 0.137 e. The molecule has 1 rings (SSSR count). The lowest BCUT2D eigenvalue weighted by Crippen LogP contribution is -2.34. The van der Waals surface area contributed by atoms with Crippen LogP contribution in [0.2, 0.25) is 0 Å². The summed E-state index contributed by atoms with van der Waals surface area (Å²) in [7, 11) is 2.02. The number of nitrogens with zero attached hydrogens (tertiary/aromatic N) is 3. The first-order valence-electron chi connectivity index (χ1n) is 6.81. The third-order valence-electron chi connectivity index (χ3n) is 3.07. The molecule has 0 aromatic carbocycles. The van der Waals surface area contributed by atoms with Gasteiger partial charge >= 0.3 is 0 Å². The molecule has 0 unspecified atom stereocenters. The minimum Gasteiger partial charge on any atom is -0.137 e. The second kappa shape index (κ2) is 8.04. The molecule has 0 saturated carbocycles. The van der Waals surface area contributed by atoms with Crippen molar-refractivity contribution in [1.82, 2.24) is 9.90 Å². The Bertz CT molecular complexity index is 328. The predicted molar refractivity (Wildman–Crippen MR) is 70.7 cm³/mol. The molecule has 0 bridgehead atoms. The molecule has 1 aromatic rings. The molecule has 96 valence electrons. The fraction of sp³-hybridized carbons (Fsp3) is 0.714. The molecule has 0 atom stereocenters. The number of aromatic nitrogens is 3. The van der Waals surface area contributed by atoms with Crippen LogP contribution < -0.4 is 4.68 Å². The van der Waals surface area contributed by atoms with Crippen LogP contribution in [0.5, 0.6) is 0 Å². The third-order valence-corrected chi connectivity index (χ3v) is 3.07. The fourth-order valence-electron chi connectivity index (χ4n) is 2.05. The quantitative estimate of drug-likeness (QED) is 0.367. The predicted octanol–water partition coefficient (Wildman–Crippen LogP) is 2.80. The van der Waals surface area contributed by atoms with Gasteiger partial charge in [-0.3, -0.25) is 0 Å². The minimum absolute atomic E-state index is 0.796. The molecule has 0 saturated heterocycles. The Labute approximate surface area is 105 Å². The summed E-state index contributed by atoms with van der Waals surface area (Å²) in [6.07, 6.45) is 13.2. The Morgan fingerprint density at radius 3 is 2.71 bits per heavy atom. The van der Waals surface area contributed by atoms with Crippen molar-refractivity contribution in [3.05, 3.63) is 24.5 Å². The summed E-state index contributed by atoms with van der Waals surface area (Å²) in [5.41, 5.74) is 1.32. The van der Waals surface area contributed by atoms with E-state index >= 15 is 0 Å². The van der Waals surface area contributed by atoms with Crippen LogP contribution in [0.15, 0.2) is 18.9 Å². The first-order chi connectivity index (χ1) is 8.27. The van der Waals surface area contributed by atoms with E-state index in [0.29, 0.717) is 0 Å². The summed E-state index contributed by atoms with van der Waals surface area (Å²) in [6.45, 7) is 6.78. The molecule has 3 heteroatoms. The van der Waals surface area contributed by atoms with E-state index in [1.54, 1.807) is 0 Å². The van der Waals surface area contributed by atoms with E-state index in [9.17, 15) is 0 Å². The lowest BCUT2D eigenvalue weighted by Gasteiger charge is -1.98. The number of rotatable bonds is 9. The lowest BCUT2D eigenvalue weighted by molar-refractivity contribution is -0.746. The Hall–Kier alpha value is -1.12. The zero-order valence-corrected chi connectivity index (χ0v) is 11.4. The van der Waals surface area contributed by atoms with Crippen LogP contribution in [-0.2, 0) is 20.0 Å². The highest BCUT2D eigenvalue weighted by molar-refractivity contribution is 4.89. The summed E-state index contributed by atoms with van der Waals surface area (Å²) in [4.78, 5) is 0. The normalized spacial score (nSPS) is 10.7. The van der Waals surface area contributed by atoms with E-state index in [2.05, 4.69) is 24.9 Å². The van der Waals surface area contributed by atoms with Crippen LogP contribution in [0.4, 0.5) is 0 Å².